The lowest BCUT2D eigenvalue weighted by Gasteiger charge is -2.42. The highest BCUT2D eigenvalue weighted by molar-refractivity contribution is 5.77. The average Bonchev–Trinajstić information content (AvgIpc) is 3.02. The third-order valence-electron chi connectivity index (χ3n) is 3.88. The molecule has 0 saturated heterocycles. The van der Waals surface area contributed by atoms with Crippen LogP contribution in [0.25, 0.3) is 0 Å². The van der Waals surface area contributed by atoms with Crippen molar-refractivity contribution in [1.29, 1.82) is 0 Å². The van der Waals surface area contributed by atoms with Crippen molar-refractivity contribution in [3.8, 4) is 0 Å². The van der Waals surface area contributed by atoms with E-state index >= 15 is 0 Å². The Kier molecular flexibility index (Phi) is 4.75. The number of alkyl halides is 3. The molecule has 2 rings (SSSR count). The van der Waals surface area contributed by atoms with E-state index in [4.69, 9.17) is 5.11 Å². The van der Waals surface area contributed by atoms with Crippen LogP contribution < -0.4 is 5.32 Å². The standard InChI is InChI=1S/C13H19F3N2O3/c14-13(15,16)5-11(19)17-9-3-10(4-9)18(7-12(20)21)6-8-1-2-8/h8-10H,1-7H2,(H,17,19)(H,20,21). The molecule has 2 saturated carbocycles. The molecule has 0 aromatic carbocycles. The zero-order valence-corrected chi connectivity index (χ0v) is 11.5. The van der Waals surface area contributed by atoms with Crippen LogP contribution in [0, 0.1) is 5.92 Å². The van der Waals surface area contributed by atoms with Gasteiger partial charge in [-0.1, -0.05) is 0 Å². The van der Waals surface area contributed by atoms with Crippen molar-refractivity contribution < 1.29 is 27.9 Å². The molecule has 5 nitrogen and oxygen atoms in total. The van der Waals surface area contributed by atoms with Gasteiger partial charge in [0, 0.05) is 18.6 Å². The van der Waals surface area contributed by atoms with E-state index in [9.17, 15) is 22.8 Å². The Labute approximate surface area is 120 Å². The van der Waals surface area contributed by atoms with Gasteiger partial charge in [0.2, 0.25) is 5.91 Å². The lowest BCUT2D eigenvalue weighted by molar-refractivity contribution is -0.155. The fourth-order valence-corrected chi connectivity index (χ4v) is 2.61. The number of carboxylic acid groups (broad SMARTS) is 1. The number of carbonyl (C=O) groups excluding carboxylic acids is 1. The van der Waals surface area contributed by atoms with Gasteiger partial charge in [-0.2, -0.15) is 13.2 Å². The normalized spacial score (nSPS) is 25.5. The molecule has 2 N–H and O–H groups in total. The number of nitrogens with zero attached hydrogens (tertiary/aromatic N) is 1. The first kappa shape index (κ1) is 16.1. The van der Waals surface area contributed by atoms with E-state index in [2.05, 4.69) is 5.32 Å². The van der Waals surface area contributed by atoms with E-state index in [1.54, 1.807) is 0 Å². The molecule has 2 aliphatic rings. The lowest BCUT2D eigenvalue weighted by atomic mass is 9.85. The average molecular weight is 308 g/mol. The fraction of sp³-hybridized carbons (Fsp3) is 0.846. The molecule has 0 spiro atoms. The van der Waals surface area contributed by atoms with Gasteiger partial charge in [0.05, 0.1) is 6.54 Å². The predicted octanol–water partition coefficient (Wildman–Crippen LogP) is 1.38. The van der Waals surface area contributed by atoms with Gasteiger partial charge in [-0.15, -0.1) is 0 Å². The Bertz CT molecular complexity index is 404. The summed E-state index contributed by atoms with van der Waals surface area (Å²) < 4.78 is 36.1. The molecule has 8 heteroatoms. The van der Waals surface area contributed by atoms with Gasteiger partial charge in [0.25, 0.3) is 0 Å². The third kappa shape index (κ3) is 5.53. The number of rotatable bonds is 7. The van der Waals surface area contributed by atoms with Gasteiger partial charge in [-0.05, 0) is 31.6 Å². The summed E-state index contributed by atoms with van der Waals surface area (Å²) in [5.74, 6) is -1.37. The number of halogens is 3. The Balaban J connectivity index is 1.72. The highest BCUT2D eigenvalue weighted by atomic mass is 19.4. The Hall–Kier alpha value is -1.31. The van der Waals surface area contributed by atoms with Crippen LogP contribution in [0.3, 0.4) is 0 Å². The summed E-state index contributed by atoms with van der Waals surface area (Å²) in [5.41, 5.74) is 0. The van der Waals surface area contributed by atoms with E-state index in [1.807, 2.05) is 4.90 Å². The molecule has 0 radical (unpaired) electrons. The van der Waals surface area contributed by atoms with Crippen LogP contribution in [0.5, 0.6) is 0 Å². The molecule has 21 heavy (non-hydrogen) atoms. The Morgan fingerprint density at radius 3 is 2.33 bits per heavy atom. The molecule has 2 fully saturated rings. The number of carbonyl (C=O) groups is 2. The SMILES string of the molecule is O=C(O)CN(CC1CC1)C1CC(NC(=O)CC(F)(F)F)C1. The maximum Gasteiger partial charge on any atom is 0.397 e. The second-order valence-corrected chi connectivity index (χ2v) is 5.95. The largest absolute Gasteiger partial charge is 0.480 e. The number of amides is 1. The molecular formula is C13H19F3N2O3. The second kappa shape index (κ2) is 6.21. The van der Waals surface area contributed by atoms with Crippen molar-refractivity contribution in [2.24, 2.45) is 5.92 Å². The fourth-order valence-electron chi connectivity index (χ4n) is 2.61. The molecule has 2 aliphatic carbocycles. The summed E-state index contributed by atoms with van der Waals surface area (Å²) in [6, 6.07) is -0.238. The number of carboxylic acids is 1. The first-order valence-electron chi connectivity index (χ1n) is 7.05. The highest BCUT2D eigenvalue weighted by Crippen LogP contribution is 2.33. The smallest absolute Gasteiger partial charge is 0.397 e. The van der Waals surface area contributed by atoms with Crippen LogP contribution >= 0.6 is 0 Å². The maximum atomic E-state index is 12.0. The molecular weight excluding hydrogens is 289 g/mol. The zero-order valence-electron chi connectivity index (χ0n) is 11.5. The predicted molar refractivity (Wildman–Crippen MR) is 67.6 cm³/mol. The van der Waals surface area contributed by atoms with Crippen LogP contribution in [0.4, 0.5) is 13.2 Å². The van der Waals surface area contributed by atoms with E-state index in [0.29, 0.717) is 18.8 Å². The van der Waals surface area contributed by atoms with Crippen LogP contribution in [-0.2, 0) is 9.59 Å². The van der Waals surface area contributed by atoms with Crippen LogP contribution in [0.2, 0.25) is 0 Å². The van der Waals surface area contributed by atoms with Crippen molar-refractivity contribution in [1.82, 2.24) is 10.2 Å². The van der Waals surface area contributed by atoms with Crippen molar-refractivity contribution in [3.05, 3.63) is 0 Å². The summed E-state index contributed by atoms with van der Waals surface area (Å²) in [6.45, 7) is 0.671. The van der Waals surface area contributed by atoms with Crippen LogP contribution in [0.1, 0.15) is 32.1 Å². The zero-order chi connectivity index (χ0) is 15.6. The first-order valence-corrected chi connectivity index (χ1v) is 7.05. The minimum absolute atomic E-state index is 0.0397. The van der Waals surface area contributed by atoms with Crippen LogP contribution in [0.15, 0.2) is 0 Å². The van der Waals surface area contributed by atoms with Gasteiger partial charge in [0.1, 0.15) is 6.42 Å². The van der Waals surface area contributed by atoms with E-state index in [0.717, 1.165) is 19.4 Å². The molecule has 0 unspecified atom stereocenters. The summed E-state index contributed by atoms with van der Waals surface area (Å²) in [4.78, 5) is 23.9. The number of nitrogens with one attached hydrogen (secondary N) is 1. The van der Waals surface area contributed by atoms with Gasteiger partial charge >= 0.3 is 12.1 Å². The summed E-state index contributed by atoms with van der Waals surface area (Å²) in [7, 11) is 0. The topological polar surface area (TPSA) is 69.6 Å². The second-order valence-electron chi connectivity index (χ2n) is 5.95. The van der Waals surface area contributed by atoms with E-state index in [-0.39, 0.29) is 18.6 Å². The minimum atomic E-state index is -4.49. The van der Waals surface area contributed by atoms with Gasteiger partial charge in [0.15, 0.2) is 0 Å². The summed E-state index contributed by atoms with van der Waals surface area (Å²) in [6.07, 6.45) is -2.71. The molecule has 0 aromatic rings. The maximum absolute atomic E-state index is 12.0. The first-order chi connectivity index (χ1) is 9.73. The molecule has 0 atom stereocenters. The highest BCUT2D eigenvalue weighted by Gasteiger charge is 2.39. The number of hydrogen-bond donors (Lipinski definition) is 2. The Morgan fingerprint density at radius 2 is 1.86 bits per heavy atom. The number of aliphatic carboxylic acids is 1. The van der Waals surface area contributed by atoms with Gasteiger partial charge < -0.3 is 10.4 Å². The Morgan fingerprint density at radius 1 is 1.24 bits per heavy atom. The molecule has 1 amide bonds. The van der Waals surface area contributed by atoms with Crippen molar-refractivity contribution in [2.75, 3.05) is 13.1 Å². The summed E-state index contributed by atoms with van der Waals surface area (Å²) in [5, 5.41) is 11.2. The minimum Gasteiger partial charge on any atom is -0.480 e. The monoisotopic (exact) mass is 308 g/mol. The van der Waals surface area contributed by atoms with Crippen molar-refractivity contribution in [3.63, 3.8) is 0 Å². The van der Waals surface area contributed by atoms with Gasteiger partial charge in [-0.3, -0.25) is 14.5 Å². The molecule has 0 bridgehead atoms. The van der Waals surface area contributed by atoms with Crippen molar-refractivity contribution in [2.45, 2.75) is 50.4 Å². The molecule has 0 aliphatic heterocycles. The van der Waals surface area contributed by atoms with Crippen LogP contribution in [-0.4, -0.2) is 53.2 Å². The van der Waals surface area contributed by atoms with E-state index in [1.165, 1.54) is 0 Å². The third-order valence-corrected chi connectivity index (χ3v) is 3.88. The number of hydrogen-bond acceptors (Lipinski definition) is 3. The quantitative estimate of drug-likeness (QED) is 0.745. The molecule has 0 heterocycles. The van der Waals surface area contributed by atoms with Crippen molar-refractivity contribution >= 4 is 11.9 Å². The molecule has 0 aromatic heterocycles. The molecule has 120 valence electrons. The van der Waals surface area contributed by atoms with E-state index < -0.39 is 24.5 Å². The van der Waals surface area contributed by atoms with Gasteiger partial charge in [-0.25, -0.2) is 0 Å². The lowest BCUT2D eigenvalue weighted by Crippen LogP contribution is -2.55. The summed E-state index contributed by atoms with van der Waals surface area (Å²) >= 11 is 0.